The zero-order chi connectivity index (χ0) is 16.8. The number of carboxylic acids is 1. The number of hydrogen-bond acceptors (Lipinski definition) is 4. The van der Waals surface area contributed by atoms with Crippen LogP contribution in [0.5, 0.6) is 0 Å². The number of carbonyl (C=O) groups is 2. The maximum Gasteiger partial charge on any atom is 0.323 e. The number of hydrogen-bond donors (Lipinski definition) is 1. The first-order valence-electron chi connectivity index (χ1n) is 7.16. The number of carboxylic acid groups (broad SMARTS) is 1. The molecule has 0 aliphatic rings. The molecule has 0 heterocycles. The number of rotatable bonds is 8. The van der Waals surface area contributed by atoms with E-state index in [1.54, 1.807) is 19.1 Å². The molecular weight excluding hydrogens is 306 g/mol. The Morgan fingerprint density at radius 2 is 1.77 bits per heavy atom. The molecule has 0 fully saturated rings. The molecule has 0 saturated carbocycles. The van der Waals surface area contributed by atoms with E-state index in [0.717, 1.165) is 4.90 Å². The molecule has 1 rings (SSSR count). The van der Waals surface area contributed by atoms with E-state index in [0.29, 0.717) is 12.8 Å². The highest BCUT2D eigenvalue weighted by molar-refractivity contribution is 7.91. The van der Waals surface area contributed by atoms with Gasteiger partial charge in [0, 0.05) is 6.54 Å². The van der Waals surface area contributed by atoms with Crippen LogP contribution in [0.15, 0.2) is 29.2 Å². The van der Waals surface area contributed by atoms with E-state index in [-0.39, 0.29) is 22.8 Å². The summed E-state index contributed by atoms with van der Waals surface area (Å²) in [6.07, 6.45) is 1.03. The molecule has 122 valence electrons. The van der Waals surface area contributed by atoms with Crippen molar-refractivity contribution in [3.63, 3.8) is 0 Å². The van der Waals surface area contributed by atoms with Crippen molar-refractivity contribution in [2.24, 2.45) is 0 Å². The van der Waals surface area contributed by atoms with Crippen molar-refractivity contribution in [1.29, 1.82) is 0 Å². The quantitative estimate of drug-likeness (QED) is 0.786. The van der Waals surface area contributed by atoms with E-state index in [1.807, 2.05) is 6.92 Å². The summed E-state index contributed by atoms with van der Waals surface area (Å²) >= 11 is 0. The molecule has 0 unspecified atom stereocenters. The minimum Gasteiger partial charge on any atom is -0.480 e. The SMILES string of the molecule is CCCN(CC(=O)O)C(=O)c1ccccc1S(=O)(=O)CCC. The van der Waals surface area contributed by atoms with Crippen LogP contribution in [-0.2, 0) is 14.6 Å². The lowest BCUT2D eigenvalue weighted by molar-refractivity contribution is -0.137. The molecule has 7 heteroatoms. The summed E-state index contributed by atoms with van der Waals surface area (Å²) in [5.41, 5.74) is 0.0330. The smallest absolute Gasteiger partial charge is 0.323 e. The zero-order valence-electron chi connectivity index (χ0n) is 12.8. The Kier molecular flexibility index (Phi) is 6.55. The third kappa shape index (κ3) is 4.56. The summed E-state index contributed by atoms with van der Waals surface area (Å²) in [6, 6.07) is 5.95. The van der Waals surface area contributed by atoms with Gasteiger partial charge in [0.05, 0.1) is 16.2 Å². The van der Waals surface area contributed by atoms with Crippen molar-refractivity contribution >= 4 is 21.7 Å². The Balaban J connectivity index is 3.25. The van der Waals surface area contributed by atoms with Crippen LogP contribution in [0.1, 0.15) is 37.0 Å². The van der Waals surface area contributed by atoms with Gasteiger partial charge in [-0.25, -0.2) is 8.42 Å². The number of sulfone groups is 1. The third-order valence-electron chi connectivity index (χ3n) is 3.03. The fourth-order valence-electron chi connectivity index (χ4n) is 2.15. The number of amides is 1. The fraction of sp³-hybridized carbons (Fsp3) is 0.467. The van der Waals surface area contributed by atoms with Crippen LogP contribution in [0.4, 0.5) is 0 Å². The summed E-state index contributed by atoms with van der Waals surface area (Å²) in [5, 5.41) is 8.91. The molecule has 6 nitrogen and oxygen atoms in total. The lowest BCUT2D eigenvalue weighted by Crippen LogP contribution is -2.37. The second-order valence-corrected chi connectivity index (χ2v) is 7.01. The van der Waals surface area contributed by atoms with Gasteiger partial charge in [-0.15, -0.1) is 0 Å². The number of aliphatic carboxylic acids is 1. The predicted molar refractivity (Wildman–Crippen MR) is 82.6 cm³/mol. The number of benzene rings is 1. The van der Waals surface area contributed by atoms with Crippen LogP contribution < -0.4 is 0 Å². The van der Waals surface area contributed by atoms with Crippen LogP contribution in [0.3, 0.4) is 0 Å². The topological polar surface area (TPSA) is 91.8 Å². The molecular formula is C15H21NO5S. The minimum absolute atomic E-state index is 0.0330. The Hall–Kier alpha value is -1.89. The van der Waals surface area contributed by atoms with E-state index in [2.05, 4.69) is 0 Å². The molecule has 0 aromatic heterocycles. The molecule has 0 spiro atoms. The molecule has 0 bridgehead atoms. The predicted octanol–water partition coefficient (Wildman–Crippen LogP) is 1.81. The van der Waals surface area contributed by atoms with Crippen LogP contribution >= 0.6 is 0 Å². The summed E-state index contributed by atoms with van der Waals surface area (Å²) in [4.78, 5) is 24.6. The molecule has 1 amide bonds. The molecule has 0 aliphatic carbocycles. The first-order valence-corrected chi connectivity index (χ1v) is 8.81. The monoisotopic (exact) mass is 327 g/mol. The Labute approximate surface area is 130 Å². The van der Waals surface area contributed by atoms with Gasteiger partial charge in [0.25, 0.3) is 5.91 Å². The van der Waals surface area contributed by atoms with Crippen LogP contribution in [0.2, 0.25) is 0 Å². The van der Waals surface area contributed by atoms with E-state index in [1.165, 1.54) is 12.1 Å². The number of carbonyl (C=O) groups excluding carboxylic acids is 1. The second-order valence-electron chi connectivity index (χ2n) is 4.94. The normalized spacial score (nSPS) is 11.2. The van der Waals surface area contributed by atoms with Gasteiger partial charge in [0.15, 0.2) is 9.84 Å². The van der Waals surface area contributed by atoms with E-state index in [4.69, 9.17) is 5.11 Å². The van der Waals surface area contributed by atoms with Crippen LogP contribution in [0, 0.1) is 0 Å². The summed E-state index contributed by atoms with van der Waals surface area (Å²) in [6.45, 7) is 3.37. The van der Waals surface area contributed by atoms with Crippen molar-refractivity contribution in [3.8, 4) is 0 Å². The molecule has 0 aliphatic heterocycles. The van der Waals surface area contributed by atoms with Crippen molar-refractivity contribution in [3.05, 3.63) is 29.8 Å². The van der Waals surface area contributed by atoms with Gasteiger partial charge in [-0.1, -0.05) is 26.0 Å². The molecule has 1 aromatic rings. The summed E-state index contributed by atoms with van der Waals surface area (Å²) < 4.78 is 24.5. The lowest BCUT2D eigenvalue weighted by Gasteiger charge is -2.21. The molecule has 1 aromatic carbocycles. The Morgan fingerprint density at radius 1 is 1.14 bits per heavy atom. The maximum absolute atomic E-state index is 12.5. The largest absolute Gasteiger partial charge is 0.480 e. The van der Waals surface area contributed by atoms with Gasteiger partial charge in [-0.2, -0.15) is 0 Å². The fourth-order valence-corrected chi connectivity index (χ4v) is 3.68. The molecule has 1 N–H and O–H groups in total. The van der Waals surface area contributed by atoms with E-state index < -0.39 is 28.3 Å². The zero-order valence-corrected chi connectivity index (χ0v) is 13.6. The van der Waals surface area contributed by atoms with Crippen molar-refractivity contribution in [1.82, 2.24) is 4.90 Å². The van der Waals surface area contributed by atoms with Crippen molar-refractivity contribution in [2.45, 2.75) is 31.6 Å². The van der Waals surface area contributed by atoms with Crippen LogP contribution in [-0.4, -0.2) is 49.1 Å². The number of nitrogens with zero attached hydrogens (tertiary/aromatic N) is 1. The van der Waals surface area contributed by atoms with Gasteiger partial charge in [-0.3, -0.25) is 9.59 Å². The van der Waals surface area contributed by atoms with E-state index in [9.17, 15) is 18.0 Å². The van der Waals surface area contributed by atoms with Gasteiger partial charge < -0.3 is 10.0 Å². The first kappa shape index (κ1) is 18.2. The Bertz CT molecular complexity index is 639. The standard InChI is InChI=1S/C15H21NO5S/c1-3-9-16(11-14(17)18)15(19)12-7-5-6-8-13(12)22(20,21)10-4-2/h5-8H,3-4,9-11H2,1-2H3,(H,17,18). The van der Waals surface area contributed by atoms with Crippen molar-refractivity contribution in [2.75, 3.05) is 18.8 Å². The molecule has 0 radical (unpaired) electrons. The van der Waals surface area contributed by atoms with Crippen LogP contribution in [0.25, 0.3) is 0 Å². The highest BCUT2D eigenvalue weighted by atomic mass is 32.2. The van der Waals surface area contributed by atoms with Gasteiger partial charge in [0.2, 0.25) is 0 Å². The maximum atomic E-state index is 12.5. The minimum atomic E-state index is -3.56. The average Bonchev–Trinajstić information content (AvgIpc) is 2.45. The highest BCUT2D eigenvalue weighted by Gasteiger charge is 2.25. The summed E-state index contributed by atoms with van der Waals surface area (Å²) in [5.74, 6) is -1.75. The van der Waals surface area contributed by atoms with Gasteiger partial charge in [-0.05, 0) is 25.0 Å². The lowest BCUT2D eigenvalue weighted by atomic mass is 10.2. The molecule has 22 heavy (non-hydrogen) atoms. The van der Waals surface area contributed by atoms with Gasteiger partial charge in [0.1, 0.15) is 6.54 Å². The Morgan fingerprint density at radius 3 is 2.32 bits per heavy atom. The average molecular weight is 327 g/mol. The first-order chi connectivity index (χ1) is 10.3. The third-order valence-corrected chi connectivity index (χ3v) is 5.00. The molecule has 0 saturated heterocycles. The highest BCUT2D eigenvalue weighted by Crippen LogP contribution is 2.19. The second kappa shape index (κ2) is 7.93. The van der Waals surface area contributed by atoms with Crippen molar-refractivity contribution < 1.29 is 23.1 Å². The van der Waals surface area contributed by atoms with Gasteiger partial charge >= 0.3 is 5.97 Å². The summed E-state index contributed by atoms with van der Waals surface area (Å²) in [7, 11) is -3.56. The van der Waals surface area contributed by atoms with E-state index >= 15 is 0 Å². The molecule has 0 atom stereocenters.